The van der Waals surface area contributed by atoms with Crippen molar-refractivity contribution in [2.45, 2.75) is 32.0 Å². The van der Waals surface area contributed by atoms with Crippen molar-refractivity contribution in [3.8, 4) is 0 Å². The molecule has 0 aliphatic rings. The molecule has 7 nitrogen and oxygen atoms in total. The summed E-state index contributed by atoms with van der Waals surface area (Å²) in [5, 5.41) is 15.1. The summed E-state index contributed by atoms with van der Waals surface area (Å²) in [6.45, 7) is 8.10. The van der Waals surface area contributed by atoms with E-state index in [1.165, 1.54) is 11.8 Å². The van der Waals surface area contributed by atoms with Crippen LogP contribution in [-0.2, 0) is 22.6 Å². The number of amides is 2. The molecule has 0 unspecified atom stereocenters. The van der Waals surface area contributed by atoms with E-state index in [1.807, 2.05) is 32.0 Å². The van der Waals surface area contributed by atoms with Gasteiger partial charge in [-0.05, 0) is 37.6 Å². The van der Waals surface area contributed by atoms with Crippen LogP contribution in [0.25, 0.3) is 0 Å². The quantitative estimate of drug-likeness (QED) is 0.305. The van der Waals surface area contributed by atoms with Crippen LogP contribution < -0.4 is 10.6 Å². The Morgan fingerprint density at radius 1 is 1.09 bits per heavy atom. The number of hydrogen-bond donors (Lipinski definition) is 2. The number of aryl methyl sites for hydroxylation is 2. The van der Waals surface area contributed by atoms with Gasteiger partial charge in [-0.2, -0.15) is 0 Å². The van der Waals surface area contributed by atoms with E-state index < -0.39 is 0 Å². The van der Waals surface area contributed by atoms with Gasteiger partial charge in [-0.3, -0.25) is 9.59 Å². The summed E-state index contributed by atoms with van der Waals surface area (Å²) in [4.78, 5) is 25.0. The number of anilines is 2. The smallest absolute Gasteiger partial charge is 0.234 e. The monoisotopic (exact) mass is 503 g/mol. The first-order valence-corrected chi connectivity index (χ1v) is 11.8. The average Bonchev–Trinajstić information content (AvgIpc) is 3.13. The van der Waals surface area contributed by atoms with Crippen molar-refractivity contribution in [3.05, 3.63) is 76.0 Å². The molecule has 2 amide bonds. The SMILES string of the molecule is C=CCn1c(CC(=O)Nc2cccc(Cl)c2Cl)nnc1SCC(=O)Nc1ccc(C)cc1C. The zero-order valence-corrected chi connectivity index (χ0v) is 20.5. The van der Waals surface area contributed by atoms with Crippen LogP contribution >= 0.6 is 35.0 Å². The third kappa shape index (κ3) is 6.60. The van der Waals surface area contributed by atoms with Gasteiger partial charge in [0.15, 0.2) is 5.16 Å². The van der Waals surface area contributed by atoms with Gasteiger partial charge < -0.3 is 15.2 Å². The number of benzene rings is 2. The van der Waals surface area contributed by atoms with Crippen LogP contribution in [0.1, 0.15) is 17.0 Å². The number of halogens is 2. The molecule has 0 bridgehead atoms. The summed E-state index contributed by atoms with van der Waals surface area (Å²) >= 11 is 13.4. The van der Waals surface area contributed by atoms with Crippen molar-refractivity contribution in [3.63, 3.8) is 0 Å². The van der Waals surface area contributed by atoms with Crippen LogP contribution in [0.5, 0.6) is 0 Å². The highest BCUT2D eigenvalue weighted by Crippen LogP contribution is 2.29. The number of carbonyl (C=O) groups is 2. The summed E-state index contributed by atoms with van der Waals surface area (Å²) in [6, 6.07) is 10.8. The van der Waals surface area contributed by atoms with Crippen molar-refractivity contribution in [2.24, 2.45) is 0 Å². The number of carbonyl (C=O) groups excluding carboxylic acids is 2. The molecule has 0 aliphatic carbocycles. The lowest BCUT2D eigenvalue weighted by Gasteiger charge is -2.10. The van der Waals surface area contributed by atoms with Gasteiger partial charge >= 0.3 is 0 Å². The van der Waals surface area contributed by atoms with Gasteiger partial charge in [0.25, 0.3) is 0 Å². The first-order chi connectivity index (χ1) is 15.8. The standard InChI is InChI=1S/C23H23Cl2N5O2S/c1-4-10-30-19(12-20(31)27-18-7-5-6-16(24)22(18)25)28-29-23(30)33-13-21(32)26-17-9-8-14(2)11-15(17)3/h4-9,11H,1,10,12-13H2,2-3H3,(H,26,32)(H,27,31). The van der Waals surface area contributed by atoms with Crippen molar-refractivity contribution in [2.75, 3.05) is 16.4 Å². The fourth-order valence-electron chi connectivity index (χ4n) is 3.08. The lowest BCUT2D eigenvalue weighted by Crippen LogP contribution is -2.18. The van der Waals surface area contributed by atoms with Crippen LogP contribution in [-0.4, -0.2) is 32.3 Å². The molecule has 33 heavy (non-hydrogen) atoms. The first kappa shape index (κ1) is 24.8. The van der Waals surface area contributed by atoms with E-state index in [9.17, 15) is 9.59 Å². The van der Waals surface area contributed by atoms with Crippen LogP contribution in [0.3, 0.4) is 0 Å². The molecule has 2 N–H and O–H groups in total. The van der Waals surface area contributed by atoms with Gasteiger partial charge in [0.1, 0.15) is 5.82 Å². The van der Waals surface area contributed by atoms with E-state index >= 15 is 0 Å². The Kier molecular flexibility index (Phi) is 8.55. The molecule has 2 aromatic carbocycles. The second kappa shape index (κ2) is 11.4. The minimum atomic E-state index is -0.319. The van der Waals surface area contributed by atoms with Gasteiger partial charge in [0, 0.05) is 12.2 Å². The summed E-state index contributed by atoms with van der Waals surface area (Å²) in [7, 11) is 0. The van der Waals surface area contributed by atoms with Crippen molar-refractivity contribution >= 4 is 58.2 Å². The largest absolute Gasteiger partial charge is 0.325 e. The van der Waals surface area contributed by atoms with Gasteiger partial charge in [-0.25, -0.2) is 0 Å². The zero-order valence-electron chi connectivity index (χ0n) is 18.2. The highest BCUT2D eigenvalue weighted by atomic mass is 35.5. The van der Waals surface area contributed by atoms with Gasteiger partial charge in [-0.1, -0.05) is 64.8 Å². The van der Waals surface area contributed by atoms with Gasteiger partial charge in [0.2, 0.25) is 11.8 Å². The Bertz CT molecular complexity index is 1200. The van der Waals surface area contributed by atoms with E-state index in [4.69, 9.17) is 23.2 Å². The lowest BCUT2D eigenvalue weighted by atomic mass is 10.1. The Labute approximate surface area is 206 Å². The molecule has 3 aromatic rings. The van der Waals surface area contributed by atoms with Crippen molar-refractivity contribution in [1.82, 2.24) is 14.8 Å². The number of aromatic nitrogens is 3. The van der Waals surface area contributed by atoms with Crippen molar-refractivity contribution < 1.29 is 9.59 Å². The fraction of sp³-hybridized carbons (Fsp3) is 0.217. The van der Waals surface area contributed by atoms with Crippen LogP contribution in [0, 0.1) is 13.8 Å². The maximum Gasteiger partial charge on any atom is 0.234 e. The highest BCUT2D eigenvalue weighted by Gasteiger charge is 2.17. The second-order valence-electron chi connectivity index (χ2n) is 7.28. The summed E-state index contributed by atoms with van der Waals surface area (Å²) in [5.41, 5.74) is 3.32. The zero-order chi connectivity index (χ0) is 24.0. The van der Waals surface area contributed by atoms with Crippen LogP contribution in [0.2, 0.25) is 10.0 Å². The molecule has 0 aliphatic heterocycles. The summed E-state index contributed by atoms with van der Waals surface area (Å²) in [6.07, 6.45) is 1.65. The molecule has 0 atom stereocenters. The minimum absolute atomic E-state index is 0.0288. The first-order valence-electron chi connectivity index (χ1n) is 10.0. The number of allylic oxidation sites excluding steroid dienone is 1. The molecular weight excluding hydrogens is 481 g/mol. The molecule has 0 spiro atoms. The molecule has 3 rings (SSSR count). The molecule has 0 fully saturated rings. The van der Waals surface area contributed by atoms with Gasteiger partial charge in [-0.15, -0.1) is 16.8 Å². The molecule has 0 saturated heterocycles. The molecular formula is C23H23Cl2N5O2S. The lowest BCUT2D eigenvalue weighted by molar-refractivity contribution is -0.116. The van der Waals surface area contributed by atoms with Crippen LogP contribution in [0.4, 0.5) is 11.4 Å². The fourth-order valence-corrected chi connectivity index (χ4v) is 4.19. The maximum atomic E-state index is 12.5. The number of nitrogens with one attached hydrogen (secondary N) is 2. The number of rotatable bonds is 9. The number of nitrogens with zero attached hydrogens (tertiary/aromatic N) is 3. The van der Waals surface area contributed by atoms with Crippen LogP contribution in [0.15, 0.2) is 54.2 Å². The molecule has 172 valence electrons. The molecule has 1 aromatic heterocycles. The molecule has 0 saturated carbocycles. The minimum Gasteiger partial charge on any atom is -0.325 e. The third-order valence-electron chi connectivity index (χ3n) is 4.64. The number of hydrogen-bond acceptors (Lipinski definition) is 5. The van der Waals surface area contributed by atoms with E-state index in [0.717, 1.165) is 16.8 Å². The third-order valence-corrected chi connectivity index (χ3v) is 6.42. The highest BCUT2D eigenvalue weighted by molar-refractivity contribution is 7.99. The molecule has 1 heterocycles. The Morgan fingerprint density at radius 2 is 1.85 bits per heavy atom. The van der Waals surface area contributed by atoms with E-state index in [0.29, 0.717) is 28.2 Å². The summed E-state index contributed by atoms with van der Waals surface area (Å²) in [5.74, 6) is 0.117. The Hall–Kier alpha value is -2.81. The maximum absolute atomic E-state index is 12.5. The normalized spacial score (nSPS) is 10.7. The van der Waals surface area contributed by atoms with Crippen molar-refractivity contribution in [1.29, 1.82) is 0 Å². The van der Waals surface area contributed by atoms with E-state index in [-0.39, 0.29) is 29.0 Å². The summed E-state index contributed by atoms with van der Waals surface area (Å²) < 4.78 is 1.75. The molecule has 10 heteroatoms. The predicted molar refractivity (Wildman–Crippen MR) is 134 cm³/mol. The topological polar surface area (TPSA) is 88.9 Å². The van der Waals surface area contributed by atoms with Gasteiger partial charge in [0.05, 0.1) is 27.9 Å². The van der Waals surface area contributed by atoms with E-state index in [2.05, 4.69) is 27.4 Å². The Morgan fingerprint density at radius 3 is 2.58 bits per heavy atom. The number of thioether (sulfide) groups is 1. The average molecular weight is 504 g/mol. The Balaban J connectivity index is 1.64. The molecule has 0 radical (unpaired) electrons. The van der Waals surface area contributed by atoms with E-state index in [1.54, 1.807) is 28.8 Å². The second-order valence-corrected chi connectivity index (χ2v) is 9.01. The predicted octanol–water partition coefficient (Wildman–Crippen LogP) is 5.30.